The number of amides is 1. The summed E-state index contributed by atoms with van der Waals surface area (Å²) < 4.78 is 32.7. The molecule has 0 spiro atoms. The van der Waals surface area contributed by atoms with Gasteiger partial charge in [0.2, 0.25) is 0 Å². The van der Waals surface area contributed by atoms with E-state index in [1.807, 2.05) is 0 Å². The lowest BCUT2D eigenvalue weighted by Gasteiger charge is -2.26. The number of nitrogens with zero attached hydrogens (tertiary/aromatic N) is 2. The van der Waals surface area contributed by atoms with Crippen LogP contribution in [0, 0.1) is 5.82 Å². The van der Waals surface area contributed by atoms with E-state index in [0.29, 0.717) is 16.0 Å². The molecule has 33 heavy (non-hydrogen) atoms. The number of benzene rings is 2. The number of halogens is 2. The number of carbonyl (C=O) groups is 1. The van der Waals surface area contributed by atoms with Crippen LogP contribution >= 0.6 is 11.6 Å². The van der Waals surface area contributed by atoms with Crippen molar-refractivity contribution in [2.75, 3.05) is 12.8 Å². The number of nitrogen functional groups attached to an aromatic ring is 1. The van der Waals surface area contributed by atoms with Crippen molar-refractivity contribution in [3.05, 3.63) is 70.1 Å². The van der Waals surface area contributed by atoms with Gasteiger partial charge in [0, 0.05) is 41.4 Å². The van der Waals surface area contributed by atoms with Crippen LogP contribution in [0.4, 0.5) is 10.2 Å². The summed E-state index contributed by atoms with van der Waals surface area (Å²) in [5, 5.41) is 5.57. The minimum atomic E-state index is -2.98. The zero-order valence-electron chi connectivity index (χ0n) is 18.0. The Bertz CT molecular complexity index is 1390. The molecule has 1 aromatic heterocycles. The van der Waals surface area contributed by atoms with Gasteiger partial charge in [0.1, 0.15) is 11.9 Å². The predicted molar refractivity (Wildman–Crippen MR) is 128 cm³/mol. The highest BCUT2D eigenvalue weighted by molar-refractivity contribution is 7.98. The van der Waals surface area contributed by atoms with Crippen LogP contribution in [0.1, 0.15) is 34.5 Å². The number of hydrogen-bond donors (Lipinski definition) is 2. The quantitative estimate of drug-likeness (QED) is 0.506. The van der Waals surface area contributed by atoms with E-state index >= 15 is 0 Å². The van der Waals surface area contributed by atoms with E-state index in [2.05, 4.69) is 10.9 Å². The fraction of sp³-hybridized carbons (Fsp3) is 0.174. The molecule has 0 saturated heterocycles. The fourth-order valence-corrected chi connectivity index (χ4v) is 4.74. The summed E-state index contributed by atoms with van der Waals surface area (Å²) in [5.41, 5.74) is 8.46. The molecule has 1 aliphatic rings. The average Bonchev–Trinajstić information content (AvgIpc) is 2.75. The average molecular weight is 489 g/mol. The Morgan fingerprint density at radius 2 is 2.00 bits per heavy atom. The third-order valence-electron chi connectivity index (χ3n) is 5.50. The smallest absolute Gasteiger partial charge is 0.254 e. The molecule has 3 aromatic rings. The number of ether oxygens (including phenoxy) is 1. The van der Waals surface area contributed by atoms with Crippen LogP contribution in [-0.2, 0) is 16.3 Å². The number of pyridine rings is 1. The fourth-order valence-electron chi connectivity index (χ4n) is 3.81. The standard InChI is InChI=1S/C23H22ClFN4O3S/c1-12-20-16(6-7-18(25)21(20)24)23(30)29(2)11-13-4-5-15(33(3,27)31)9-17(13)14-8-19(32-12)22(26)28-10-14/h4-10,12H,3,11H2,1-2H3,(H2,26,28)(H2,27,31). The molecule has 172 valence electrons. The lowest BCUT2D eigenvalue weighted by atomic mass is 9.98. The molecule has 2 bridgehead atoms. The van der Waals surface area contributed by atoms with Crippen LogP contribution in [0.15, 0.2) is 47.5 Å². The Morgan fingerprint density at radius 1 is 1.27 bits per heavy atom. The first kappa shape index (κ1) is 23.0. The van der Waals surface area contributed by atoms with Crippen LogP contribution < -0.4 is 15.6 Å². The molecular formula is C23H22ClFN4O3S. The van der Waals surface area contributed by atoms with Gasteiger partial charge in [-0.05, 0) is 54.3 Å². The Kier molecular flexibility index (Phi) is 5.81. The molecule has 1 aliphatic heterocycles. The van der Waals surface area contributed by atoms with Crippen molar-refractivity contribution in [1.29, 1.82) is 0 Å². The van der Waals surface area contributed by atoms with Crippen molar-refractivity contribution >= 4 is 38.9 Å². The summed E-state index contributed by atoms with van der Waals surface area (Å²) >= 11 is 6.26. The largest absolute Gasteiger partial charge is 0.482 e. The predicted octanol–water partition coefficient (Wildman–Crippen LogP) is 3.80. The first-order chi connectivity index (χ1) is 15.5. The normalized spacial score (nSPS) is 17.7. The van der Waals surface area contributed by atoms with Gasteiger partial charge < -0.3 is 15.4 Å². The molecule has 10 heteroatoms. The van der Waals surface area contributed by atoms with Gasteiger partial charge in [0.15, 0.2) is 11.6 Å². The van der Waals surface area contributed by atoms with Crippen LogP contribution in [0.2, 0.25) is 5.02 Å². The van der Waals surface area contributed by atoms with Crippen molar-refractivity contribution < 1.29 is 18.1 Å². The topological polar surface area (TPSA) is 112 Å². The van der Waals surface area contributed by atoms with Crippen LogP contribution in [0.25, 0.3) is 11.1 Å². The Hall–Kier alpha value is -3.14. The van der Waals surface area contributed by atoms with Crippen LogP contribution in [0.3, 0.4) is 0 Å². The molecule has 0 aliphatic carbocycles. The number of hydrogen-bond acceptors (Lipinski definition) is 5. The second-order valence-corrected chi connectivity index (χ2v) is 10.2. The first-order valence-electron chi connectivity index (χ1n) is 9.91. The van der Waals surface area contributed by atoms with Gasteiger partial charge in [-0.2, -0.15) is 0 Å². The minimum absolute atomic E-state index is 0.109. The lowest BCUT2D eigenvalue weighted by molar-refractivity contribution is 0.0780. The van der Waals surface area contributed by atoms with Gasteiger partial charge in [-0.15, -0.1) is 0 Å². The van der Waals surface area contributed by atoms with E-state index in [-0.39, 0.29) is 40.2 Å². The molecule has 2 atom stereocenters. The van der Waals surface area contributed by atoms with E-state index < -0.39 is 21.6 Å². The maximum absolute atomic E-state index is 14.3. The van der Waals surface area contributed by atoms with Crippen molar-refractivity contribution in [2.45, 2.75) is 24.5 Å². The maximum atomic E-state index is 14.3. The number of rotatable bonds is 1. The third kappa shape index (κ3) is 4.27. The van der Waals surface area contributed by atoms with Gasteiger partial charge in [0.05, 0.1) is 14.7 Å². The van der Waals surface area contributed by atoms with E-state index in [1.165, 1.54) is 11.0 Å². The van der Waals surface area contributed by atoms with Gasteiger partial charge in [-0.1, -0.05) is 17.7 Å². The monoisotopic (exact) mass is 488 g/mol. The summed E-state index contributed by atoms with van der Waals surface area (Å²) in [6, 6.07) is 9.22. The molecular weight excluding hydrogens is 467 g/mol. The highest BCUT2D eigenvalue weighted by Gasteiger charge is 2.27. The summed E-state index contributed by atoms with van der Waals surface area (Å²) in [7, 11) is -1.35. The Labute approximate surface area is 196 Å². The van der Waals surface area contributed by atoms with E-state index in [1.54, 1.807) is 44.4 Å². The molecule has 4 rings (SSSR count). The van der Waals surface area contributed by atoms with Gasteiger partial charge in [0.25, 0.3) is 5.91 Å². The highest BCUT2D eigenvalue weighted by Crippen LogP contribution is 2.37. The van der Waals surface area contributed by atoms with Gasteiger partial charge >= 0.3 is 0 Å². The second-order valence-electron chi connectivity index (χ2n) is 7.90. The number of fused-ring (bicyclic) bond motifs is 5. The lowest BCUT2D eigenvalue weighted by Crippen LogP contribution is -2.28. The molecule has 2 heterocycles. The van der Waals surface area contributed by atoms with Gasteiger partial charge in [-0.3, -0.25) is 9.93 Å². The van der Waals surface area contributed by atoms with Crippen molar-refractivity contribution in [1.82, 2.24) is 9.88 Å². The summed E-state index contributed by atoms with van der Waals surface area (Å²) in [5.74, 6) is 2.86. The third-order valence-corrected chi connectivity index (χ3v) is 6.94. The maximum Gasteiger partial charge on any atom is 0.254 e. The van der Waals surface area contributed by atoms with E-state index in [4.69, 9.17) is 27.2 Å². The molecule has 2 aromatic carbocycles. The summed E-state index contributed by atoms with van der Waals surface area (Å²) in [4.78, 5) is 19.4. The van der Waals surface area contributed by atoms with Crippen molar-refractivity contribution in [3.63, 3.8) is 0 Å². The zero-order valence-corrected chi connectivity index (χ0v) is 19.5. The number of carbonyl (C=O) groups excluding carboxylic acids is 1. The number of nitrogens with two attached hydrogens (primary N) is 2. The van der Waals surface area contributed by atoms with Crippen molar-refractivity contribution in [2.24, 2.45) is 5.14 Å². The summed E-state index contributed by atoms with van der Waals surface area (Å²) in [6.45, 7) is 1.84. The van der Waals surface area contributed by atoms with E-state index in [9.17, 15) is 13.4 Å². The zero-order chi connectivity index (χ0) is 24.1. The molecule has 1 amide bonds. The van der Waals surface area contributed by atoms with Gasteiger partial charge in [-0.25, -0.2) is 13.6 Å². The summed E-state index contributed by atoms with van der Waals surface area (Å²) in [6.07, 6.45) is 0.734. The number of anilines is 1. The molecule has 0 fully saturated rings. The molecule has 4 N–H and O–H groups in total. The molecule has 0 radical (unpaired) electrons. The molecule has 2 unspecified atom stereocenters. The van der Waals surface area contributed by atoms with Crippen LogP contribution in [-0.4, -0.2) is 32.9 Å². The Balaban J connectivity index is 1.99. The molecule has 7 nitrogen and oxygen atoms in total. The SMILES string of the molecule is C=S(N)(=O)c1ccc2c(c1)-c1cnc(N)c(c1)OC(C)c1c(ccc(F)c1Cl)C(=O)N(C)C2. The number of aromatic nitrogens is 1. The van der Waals surface area contributed by atoms with Crippen LogP contribution in [0.5, 0.6) is 5.75 Å². The Morgan fingerprint density at radius 3 is 2.70 bits per heavy atom. The second kappa shape index (κ2) is 8.33. The minimum Gasteiger partial charge on any atom is -0.482 e. The first-order valence-corrected chi connectivity index (χ1v) is 12.1. The van der Waals surface area contributed by atoms with E-state index in [0.717, 1.165) is 11.6 Å². The highest BCUT2D eigenvalue weighted by atomic mass is 35.5. The van der Waals surface area contributed by atoms with Crippen molar-refractivity contribution in [3.8, 4) is 16.9 Å². The molecule has 0 saturated carbocycles.